The Morgan fingerprint density at radius 1 is 1.31 bits per heavy atom. The van der Waals surface area contributed by atoms with Crippen LogP contribution in [0, 0.1) is 11.8 Å². The number of fused-ring (bicyclic) bond motifs is 1. The summed E-state index contributed by atoms with van der Waals surface area (Å²) in [5, 5.41) is 8.64. The Morgan fingerprint density at radius 3 is 2.15 bits per heavy atom. The summed E-state index contributed by atoms with van der Waals surface area (Å²) < 4.78 is 25.7. The average molecular weight is 191 g/mol. The Kier molecular flexibility index (Phi) is 1.72. The second kappa shape index (κ2) is 2.56. The van der Waals surface area contributed by atoms with Crippen molar-refractivity contribution in [2.45, 2.75) is 18.8 Å². The number of rotatable bonds is 0. The summed E-state index contributed by atoms with van der Waals surface area (Å²) >= 11 is 0. The number of likely N-dealkylation sites (tertiary alicyclic amines) is 1. The van der Waals surface area contributed by atoms with Gasteiger partial charge < -0.3 is 10.0 Å². The quantitative estimate of drug-likeness (QED) is 0.632. The van der Waals surface area contributed by atoms with Gasteiger partial charge in [0.2, 0.25) is 5.92 Å². The summed E-state index contributed by atoms with van der Waals surface area (Å²) in [7, 11) is 0. The van der Waals surface area contributed by atoms with E-state index in [1.54, 1.807) is 0 Å². The van der Waals surface area contributed by atoms with Gasteiger partial charge >= 0.3 is 6.09 Å². The molecule has 0 aromatic rings. The number of halogens is 2. The highest BCUT2D eigenvalue weighted by Gasteiger charge is 2.50. The number of amides is 1. The largest absolute Gasteiger partial charge is 0.465 e. The van der Waals surface area contributed by atoms with Crippen LogP contribution in [0.2, 0.25) is 0 Å². The predicted molar refractivity (Wildman–Crippen MR) is 40.8 cm³/mol. The number of hydrogen-bond acceptors (Lipinski definition) is 1. The van der Waals surface area contributed by atoms with E-state index >= 15 is 0 Å². The monoisotopic (exact) mass is 191 g/mol. The van der Waals surface area contributed by atoms with Gasteiger partial charge in [0.1, 0.15) is 0 Å². The molecular weight excluding hydrogens is 180 g/mol. The Bertz CT molecular complexity index is 228. The first-order valence-corrected chi connectivity index (χ1v) is 4.34. The smallest absolute Gasteiger partial charge is 0.407 e. The van der Waals surface area contributed by atoms with Crippen molar-refractivity contribution in [1.82, 2.24) is 4.90 Å². The SMILES string of the molecule is O=C(O)N1CC2CC(F)(F)CC2C1. The lowest BCUT2D eigenvalue weighted by Crippen LogP contribution is -2.29. The molecule has 1 aliphatic heterocycles. The first-order chi connectivity index (χ1) is 5.98. The zero-order valence-electron chi connectivity index (χ0n) is 7.04. The number of alkyl halides is 2. The number of carbonyl (C=O) groups is 1. The van der Waals surface area contributed by atoms with Crippen LogP contribution in [-0.4, -0.2) is 35.1 Å². The highest BCUT2D eigenvalue weighted by Crippen LogP contribution is 2.46. The molecule has 1 amide bonds. The maximum absolute atomic E-state index is 12.8. The van der Waals surface area contributed by atoms with Crippen molar-refractivity contribution in [3.05, 3.63) is 0 Å². The van der Waals surface area contributed by atoms with Gasteiger partial charge in [-0.3, -0.25) is 0 Å². The van der Waals surface area contributed by atoms with E-state index in [0.717, 1.165) is 0 Å². The minimum atomic E-state index is -2.56. The molecule has 0 bridgehead atoms. The van der Waals surface area contributed by atoms with Gasteiger partial charge in [-0.05, 0) is 11.8 Å². The molecule has 3 nitrogen and oxygen atoms in total. The second-order valence-corrected chi connectivity index (χ2v) is 3.97. The van der Waals surface area contributed by atoms with Crippen molar-refractivity contribution < 1.29 is 18.7 Å². The first-order valence-electron chi connectivity index (χ1n) is 4.34. The Labute approximate surface area is 74.3 Å². The molecule has 0 spiro atoms. The lowest BCUT2D eigenvalue weighted by molar-refractivity contribution is -0.00229. The molecular formula is C8H11F2NO2. The van der Waals surface area contributed by atoms with E-state index in [1.165, 1.54) is 4.90 Å². The number of carboxylic acid groups (broad SMARTS) is 1. The fourth-order valence-corrected chi connectivity index (χ4v) is 2.41. The van der Waals surface area contributed by atoms with E-state index in [2.05, 4.69) is 0 Å². The fourth-order valence-electron chi connectivity index (χ4n) is 2.41. The molecule has 2 atom stereocenters. The van der Waals surface area contributed by atoms with E-state index in [0.29, 0.717) is 0 Å². The molecule has 0 radical (unpaired) electrons. The second-order valence-electron chi connectivity index (χ2n) is 3.97. The zero-order chi connectivity index (χ0) is 9.64. The molecule has 2 aliphatic rings. The Balaban J connectivity index is 2.01. The van der Waals surface area contributed by atoms with Gasteiger partial charge in [0.15, 0.2) is 0 Å². The van der Waals surface area contributed by atoms with Gasteiger partial charge in [-0.2, -0.15) is 0 Å². The molecule has 2 unspecified atom stereocenters. The van der Waals surface area contributed by atoms with Crippen molar-refractivity contribution in [3.8, 4) is 0 Å². The molecule has 2 rings (SSSR count). The molecule has 0 aromatic heterocycles. The average Bonchev–Trinajstić information content (AvgIpc) is 2.39. The minimum absolute atomic E-state index is 0.119. The topological polar surface area (TPSA) is 40.5 Å². The third-order valence-electron chi connectivity index (χ3n) is 2.97. The molecule has 0 aromatic carbocycles. The van der Waals surface area contributed by atoms with Crippen LogP contribution >= 0.6 is 0 Å². The summed E-state index contributed by atoms with van der Waals surface area (Å²) in [6.07, 6.45) is -1.26. The van der Waals surface area contributed by atoms with E-state index in [-0.39, 0.29) is 37.8 Å². The van der Waals surface area contributed by atoms with Gasteiger partial charge in [-0.25, -0.2) is 13.6 Å². The van der Waals surface area contributed by atoms with Gasteiger partial charge in [-0.1, -0.05) is 0 Å². The van der Waals surface area contributed by atoms with E-state index in [1.807, 2.05) is 0 Å². The number of nitrogens with zero attached hydrogens (tertiary/aromatic N) is 1. The van der Waals surface area contributed by atoms with Crippen molar-refractivity contribution >= 4 is 6.09 Å². The molecule has 2 fully saturated rings. The Morgan fingerprint density at radius 2 is 1.77 bits per heavy atom. The van der Waals surface area contributed by atoms with E-state index in [9.17, 15) is 13.6 Å². The van der Waals surface area contributed by atoms with Crippen LogP contribution in [0.15, 0.2) is 0 Å². The minimum Gasteiger partial charge on any atom is -0.465 e. The first kappa shape index (κ1) is 8.72. The van der Waals surface area contributed by atoms with Crippen LogP contribution in [0.4, 0.5) is 13.6 Å². The van der Waals surface area contributed by atoms with Crippen LogP contribution < -0.4 is 0 Å². The van der Waals surface area contributed by atoms with Crippen LogP contribution in [0.5, 0.6) is 0 Å². The Hall–Kier alpha value is -0.870. The molecule has 5 heteroatoms. The maximum atomic E-state index is 12.8. The summed E-state index contributed by atoms with van der Waals surface area (Å²) in [5.74, 6) is -2.79. The van der Waals surface area contributed by atoms with Gasteiger partial charge in [0.25, 0.3) is 0 Å². The standard InChI is InChI=1S/C8H11F2NO2/c9-8(10)1-5-3-11(7(12)13)4-6(5)2-8/h5-6H,1-4H2,(H,12,13). The highest BCUT2D eigenvalue weighted by molar-refractivity contribution is 5.65. The van der Waals surface area contributed by atoms with E-state index in [4.69, 9.17) is 5.11 Å². The van der Waals surface area contributed by atoms with Crippen LogP contribution in [0.25, 0.3) is 0 Å². The highest BCUT2D eigenvalue weighted by atomic mass is 19.3. The normalized spacial score (nSPS) is 36.3. The molecule has 1 N–H and O–H groups in total. The van der Waals surface area contributed by atoms with Gasteiger partial charge in [0, 0.05) is 25.9 Å². The fraction of sp³-hybridized carbons (Fsp3) is 0.875. The summed E-state index contributed by atoms with van der Waals surface area (Å²) in [4.78, 5) is 11.8. The van der Waals surface area contributed by atoms with Gasteiger partial charge in [0.05, 0.1) is 0 Å². The predicted octanol–water partition coefficient (Wildman–Crippen LogP) is 1.64. The van der Waals surface area contributed by atoms with Crippen molar-refractivity contribution in [2.75, 3.05) is 13.1 Å². The van der Waals surface area contributed by atoms with Crippen LogP contribution in [0.3, 0.4) is 0 Å². The van der Waals surface area contributed by atoms with Crippen LogP contribution in [-0.2, 0) is 0 Å². The molecule has 1 heterocycles. The van der Waals surface area contributed by atoms with Crippen molar-refractivity contribution in [1.29, 1.82) is 0 Å². The molecule has 13 heavy (non-hydrogen) atoms. The lowest BCUT2D eigenvalue weighted by atomic mass is 10.0. The summed E-state index contributed by atoms with van der Waals surface area (Å²) in [6.45, 7) is 0.575. The molecule has 1 aliphatic carbocycles. The summed E-state index contributed by atoms with van der Waals surface area (Å²) in [5.41, 5.74) is 0. The van der Waals surface area contributed by atoms with E-state index < -0.39 is 12.0 Å². The third-order valence-corrected chi connectivity index (χ3v) is 2.97. The lowest BCUT2D eigenvalue weighted by Gasteiger charge is -2.15. The molecule has 1 saturated heterocycles. The summed E-state index contributed by atoms with van der Waals surface area (Å²) in [6, 6.07) is 0. The van der Waals surface area contributed by atoms with Crippen molar-refractivity contribution in [3.63, 3.8) is 0 Å². The number of hydrogen-bond donors (Lipinski definition) is 1. The molecule has 74 valence electrons. The molecule has 1 saturated carbocycles. The van der Waals surface area contributed by atoms with Crippen molar-refractivity contribution in [2.24, 2.45) is 11.8 Å². The third kappa shape index (κ3) is 1.47. The van der Waals surface area contributed by atoms with Gasteiger partial charge in [-0.15, -0.1) is 0 Å². The van der Waals surface area contributed by atoms with Crippen LogP contribution in [0.1, 0.15) is 12.8 Å². The maximum Gasteiger partial charge on any atom is 0.407 e. The zero-order valence-corrected chi connectivity index (χ0v) is 7.04.